The van der Waals surface area contributed by atoms with Crippen LogP contribution in [0.5, 0.6) is 0 Å². The zero-order chi connectivity index (χ0) is 26.2. The zero-order valence-electron chi connectivity index (χ0n) is 21.6. The minimum atomic E-state index is -0.593. The Bertz CT molecular complexity index is 1040. The average Bonchev–Trinajstić information content (AvgIpc) is 2.72. The van der Waals surface area contributed by atoms with E-state index >= 15 is 0 Å². The normalized spacial score (nSPS) is 11.5. The maximum atomic E-state index is 12.7. The lowest BCUT2D eigenvalue weighted by atomic mass is 9.97. The third-order valence-electron chi connectivity index (χ3n) is 5.09. The fourth-order valence-electron chi connectivity index (χ4n) is 3.39. The zero-order valence-corrected chi connectivity index (χ0v) is 22.4. The molecule has 1 heterocycles. The van der Waals surface area contributed by atoms with Crippen molar-refractivity contribution in [1.82, 2.24) is 20.2 Å². The Labute approximate surface area is 212 Å². The number of amides is 1. The van der Waals surface area contributed by atoms with Crippen LogP contribution in [0.25, 0.3) is 11.3 Å². The summed E-state index contributed by atoms with van der Waals surface area (Å²) in [6.45, 7) is 12.1. The summed E-state index contributed by atoms with van der Waals surface area (Å²) in [5, 5.41) is 3.58. The van der Waals surface area contributed by atoms with Crippen molar-refractivity contribution in [2.75, 3.05) is 44.7 Å². The van der Waals surface area contributed by atoms with Gasteiger partial charge in [0.1, 0.15) is 10.6 Å². The number of rotatable bonds is 11. The van der Waals surface area contributed by atoms with Crippen LogP contribution in [0.15, 0.2) is 23.2 Å². The number of nitrogens with zero attached hydrogens (tertiary/aromatic N) is 3. The number of benzene rings is 1. The van der Waals surface area contributed by atoms with Crippen LogP contribution in [0.3, 0.4) is 0 Å². The van der Waals surface area contributed by atoms with Crippen molar-refractivity contribution < 1.29 is 14.3 Å². The number of anilines is 1. The molecule has 0 spiro atoms. The largest absolute Gasteiger partial charge is 0.456 e. The van der Waals surface area contributed by atoms with Crippen LogP contribution in [0.2, 0.25) is 0 Å². The number of hydrogen-bond acceptors (Lipinski definition) is 9. The first-order chi connectivity index (χ1) is 16.4. The van der Waals surface area contributed by atoms with Gasteiger partial charge in [-0.2, -0.15) is 0 Å². The molecule has 35 heavy (non-hydrogen) atoms. The van der Waals surface area contributed by atoms with Crippen LogP contribution < -0.4 is 16.8 Å². The Hall–Kier alpha value is -2.69. The van der Waals surface area contributed by atoms with Crippen LogP contribution >= 0.6 is 11.8 Å². The molecule has 0 aliphatic carbocycles. The molecule has 5 N–H and O–H groups in total. The number of likely N-dealkylation sites (N-methyl/N-ethyl adjacent to an activating group) is 1. The first kappa shape index (κ1) is 28.5. The summed E-state index contributed by atoms with van der Waals surface area (Å²) in [6.07, 6.45) is 0.358. The number of hydrogen-bond donors (Lipinski definition) is 3. The second-order valence-electron chi connectivity index (χ2n) is 9.47. The Morgan fingerprint density at radius 3 is 2.49 bits per heavy atom. The average molecular weight is 503 g/mol. The molecule has 2 rings (SSSR count). The minimum Gasteiger partial charge on any atom is -0.456 e. The van der Waals surface area contributed by atoms with Gasteiger partial charge in [0, 0.05) is 43.9 Å². The number of nitrogen functional groups attached to an aromatic ring is 1. The van der Waals surface area contributed by atoms with Gasteiger partial charge in [0.2, 0.25) is 11.9 Å². The highest BCUT2D eigenvalue weighted by molar-refractivity contribution is 7.99. The lowest BCUT2D eigenvalue weighted by Gasteiger charge is -2.21. The van der Waals surface area contributed by atoms with E-state index in [9.17, 15) is 9.59 Å². The molecule has 0 saturated carbocycles. The first-order valence-electron chi connectivity index (χ1n) is 11.7. The summed E-state index contributed by atoms with van der Waals surface area (Å²) in [5.74, 6) is 0.290. The van der Waals surface area contributed by atoms with E-state index in [-0.39, 0.29) is 17.8 Å². The van der Waals surface area contributed by atoms with Crippen molar-refractivity contribution in [2.45, 2.75) is 51.7 Å². The van der Waals surface area contributed by atoms with Crippen LogP contribution in [-0.2, 0) is 9.53 Å². The Morgan fingerprint density at radius 2 is 1.83 bits per heavy atom. The lowest BCUT2D eigenvalue weighted by molar-refractivity contribution is -0.120. The van der Waals surface area contributed by atoms with Gasteiger partial charge in [-0.1, -0.05) is 6.07 Å². The van der Waals surface area contributed by atoms with E-state index < -0.39 is 5.60 Å². The van der Waals surface area contributed by atoms with E-state index in [1.54, 1.807) is 6.07 Å². The Morgan fingerprint density at radius 1 is 1.11 bits per heavy atom. The number of ether oxygens (including phenoxy) is 1. The Kier molecular flexibility index (Phi) is 10.5. The van der Waals surface area contributed by atoms with Crippen LogP contribution in [-0.4, -0.2) is 71.3 Å². The van der Waals surface area contributed by atoms with Gasteiger partial charge in [-0.15, -0.1) is 11.8 Å². The van der Waals surface area contributed by atoms with Crippen molar-refractivity contribution in [3.05, 3.63) is 34.9 Å². The molecule has 9 nitrogen and oxygen atoms in total. The fraction of sp³-hybridized carbons (Fsp3) is 0.520. The SMILES string of the molecule is Cc1cc(C)c(-c2cc(SCCC(=O)NCCN(C)CCN)nc(N)n2)cc1C(=O)OC(C)(C)C. The maximum Gasteiger partial charge on any atom is 0.338 e. The molecule has 1 aromatic carbocycles. The maximum absolute atomic E-state index is 12.7. The molecule has 0 aliphatic heterocycles. The van der Waals surface area contributed by atoms with Gasteiger partial charge in [0.05, 0.1) is 11.3 Å². The van der Waals surface area contributed by atoms with Gasteiger partial charge in [-0.05, 0) is 64.9 Å². The number of aryl methyl sites for hydroxylation is 2. The summed E-state index contributed by atoms with van der Waals surface area (Å²) in [7, 11) is 1.97. The number of nitrogens with one attached hydrogen (secondary N) is 1. The Balaban J connectivity index is 2.09. The van der Waals surface area contributed by atoms with Crippen molar-refractivity contribution in [2.24, 2.45) is 5.73 Å². The lowest BCUT2D eigenvalue weighted by Crippen LogP contribution is -2.35. The molecule has 1 aromatic heterocycles. The highest BCUT2D eigenvalue weighted by atomic mass is 32.2. The summed E-state index contributed by atoms with van der Waals surface area (Å²) in [4.78, 5) is 35.6. The van der Waals surface area contributed by atoms with Crippen molar-refractivity contribution in [3.8, 4) is 11.3 Å². The second-order valence-corrected chi connectivity index (χ2v) is 10.6. The molecule has 2 aromatic rings. The molecule has 0 fully saturated rings. The van der Waals surface area contributed by atoms with Crippen LogP contribution in [0.4, 0.5) is 5.95 Å². The smallest absolute Gasteiger partial charge is 0.338 e. The first-order valence-corrected chi connectivity index (χ1v) is 12.7. The predicted molar refractivity (Wildman–Crippen MR) is 141 cm³/mol. The van der Waals surface area contributed by atoms with Crippen molar-refractivity contribution in [3.63, 3.8) is 0 Å². The quantitative estimate of drug-likeness (QED) is 0.241. The standard InChI is InChI=1S/C25H38N6O3S/c1-16-13-17(2)19(23(33)34-25(3,4)5)14-18(16)20-15-22(30-24(27)29-20)35-12-7-21(32)28-9-11-31(6)10-8-26/h13-15H,7-12,26H2,1-6H3,(H,28,32)(H2,27,29,30). The van der Waals surface area contributed by atoms with Gasteiger partial charge in [-0.25, -0.2) is 14.8 Å². The van der Waals surface area contributed by atoms with E-state index in [1.165, 1.54) is 11.8 Å². The topological polar surface area (TPSA) is 136 Å². The summed E-state index contributed by atoms with van der Waals surface area (Å²) < 4.78 is 5.56. The molecular weight excluding hydrogens is 464 g/mol. The second kappa shape index (κ2) is 12.9. The monoisotopic (exact) mass is 502 g/mol. The van der Waals surface area contributed by atoms with Gasteiger partial charge >= 0.3 is 5.97 Å². The van der Waals surface area contributed by atoms with E-state index in [1.807, 2.05) is 53.8 Å². The molecule has 0 radical (unpaired) electrons. The molecule has 0 aliphatic rings. The van der Waals surface area contributed by atoms with Gasteiger partial charge in [0.15, 0.2) is 0 Å². The summed E-state index contributed by atoms with van der Waals surface area (Å²) >= 11 is 1.44. The molecule has 0 bridgehead atoms. The van der Waals surface area contributed by atoms with E-state index in [2.05, 4.69) is 20.2 Å². The molecule has 10 heteroatoms. The van der Waals surface area contributed by atoms with E-state index in [4.69, 9.17) is 16.2 Å². The molecular formula is C25H38N6O3S. The molecule has 0 saturated heterocycles. The van der Waals surface area contributed by atoms with E-state index in [0.717, 1.165) is 29.8 Å². The highest BCUT2D eigenvalue weighted by Crippen LogP contribution is 2.29. The van der Waals surface area contributed by atoms with Crippen LogP contribution in [0.1, 0.15) is 48.7 Å². The van der Waals surface area contributed by atoms with Gasteiger partial charge < -0.3 is 26.4 Å². The molecule has 0 atom stereocenters. The predicted octanol–water partition coefficient (Wildman–Crippen LogP) is 2.79. The summed E-state index contributed by atoms with van der Waals surface area (Å²) in [6, 6.07) is 5.57. The minimum absolute atomic E-state index is 0.0164. The number of carbonyl (C=O) groups is 2. The summed E-state index contributed by atoms with van der Waals surface area (Å²) in [5.41, 5.74) is 14.6. The van der Waals surface area contributed by atoms with Gasteiger partial charge in [0.25, 0.3) is 0 Å². The van der Waals surface area contributed by atoms with Crippen LogP contribution in [0, 0.1) is 13.8 Å². The van der Waals surface area contributed by atoms with Crippen molar-refractivity contribution >= 4 is 29.6 Å². The molecule has 192 valence electrons. The number of carbonyl (C=O) groups excluding carboxylic acids is 2. The number of nitrogens with two attached hydrogens (primary N) is 2. The third-order valence-corrected chi connectivity index (χ3v) is 6.00. The number of esters is 1. The fourth-order valence-corrected chi connectivity index (χ4v) is 4.24. The van der Waals surface area contributed by atoms with E-state index in [0.29, 0.717) is 41.5 Å². The highest BCUT2D eigenvalue weighted by Gasteiger charge is 2.21. The van der Waals surface area contributed by atoms with Crippen molar-refractivity contribution in [1.29, 1.82) is 0 Å². The number of aromatic nitrogens is 2. The molecule has 0 unspecified atom stereocenters. The third kappa shape index (κ3) is 9.46. The molecule has 1 amide bonds. The number of thioether (sulfide) groups is 1. The van der Waals surface area contributed by atoms with Gasteiger partial charge in [-0.3, -0.25) is 4.79 Å².